The molecule has 1 aliphatic rings. The maximum atomic E-state index is 11.0. The molecule has 0 saturated carbocycles. The predicted molar refractivity (Wildman–Crippen MR) is 41.4 cm³/mol. The molecule has 1 fully saturated rings. The van der Waals surface area contributed by atoms with Crippen molar-refractivity contribution in [3.8, 4) is 0 Å². The molecule has 1 aliphatic heterocycles. The van der Waals surface area contributed by atoms with Gasteiger partial charge in [0.15, 0.2) is 0 Å². The largest absolute Gasteiger partial charge is 0.468 e. The summed E-state index contributed by atoms with van der Waals surface area (Å²) in [6.45, 7) is 0.585. The number of amides is 1. The van der Waals surface area contributed by atoms with Crippen LogP contribution in [-0.4, -0.2) is 50.1 Å². The van der Waals surface area contributed by atoms with E-state index >= 15 is 0 Å². The number of carbonyl (C=O) groups is 2. The molecule has 0 spiro atoms. The molecular weight excluding hydrogens is 160 g/mol. The first-order chi connectivity index (χ1) is 5.65. The molecule has 68 valence electrons. The second kappa shape index (κ2) is 3.53. The highest BCUT2D eigenvalue weighted by molar-refractivity contribution is 5.83. The van der Waals surface area contributed by atoms with Crippen LogP contribution in [0.25, 0.3) is 0 Å². The van der Waals surface area contributed by atoms with Crippen LogP contribution in [0.15, 0.2) is 0 Å². The van der Waals surface area contributed by atoms with E-state index in [-0.39, 0.29) is 24.5 Å². The summed E-state index contributed by atoms with van der Waals surface area (Å²) in [5, 5.41) is 2.78. The lowest BCUT2D eigenvalue weighted by Crippen LogP contribution is -2.55. The van der Waals surface area contributed by atoms with E-state index < -0.39 is 0 Å². The average Bonchev–Trinajstić information content (AvgIpc) is 2.08. The van der Waals surface area contributed by atoms with Crippen molar-refractivity contribution >= 4 is 11.9 Å². The average molecular weight is 172 g/mol. The summed E-state index contributed by atoms with van der Waals surface area (Å²) in [6, 6.07) is -0.377. The summed E-state index contributed by atoms with van der Waals surface area (Å²) in [5.74, 6) is -0.329. The summed E-state index contributed by atoms with van der Waals surface area (Å²) < 4.78 is 4.53. The Kier molecular flexibility index (Phi) is 2.65. The van der Waals surface area contributed by atoms with Gasteiger partial charge < -0.3 is 9.64 Å². The Morgan fingerprint density at radius 2 is 2.42 bits per heavy atom. The van der Waals surface area contributed by atoms with Crippen molar-refractivity contribution in [2.24, 2.45) is 0 Å². The molecule has 0 aromatic heterocycles. The number of hydrogen-bond acceptors (Lipinski definition) is 4. The van der Waals surface area contributed by atoms with E-state index in [0.29, 0.717) is 6.54 Å². The molecular formula is C7H12N2O3. The number of likely N-dealkylation sites (N-methyl/N-ethyl adjacent to an activating group) is 1. The van der Waals surface area contributed by atoms with Gasteiger partial charge in [-0.3, -0.25) is 14.9 Å². The Labute approximate surface area is 70.7 Å². The van der Waals surface area contributed by atoms with E-state index in [4.69, 9.17) is 0 Å². The van der Waals surface area contributed by atoms with Crippen LogP contribution in [0.3, 0.4) is 0 Å². The molecule has 12 heavy (non-hydrogen) atoms. The van der Waals surface area contributed by atoms with Gasteiger partial charge in [-0.05, 0) is 0 Å². The highest BCUT2D eigenvalue weighted by atomic mass is 16.5. The van der Waals surface area contributed by atoms with Crippen LogP contribution < -0.4 is 5.32 Å². The maximum Gasteiger partial charge on any atom is 0.324 e. The standard InChI is InChI=1S/C7H12N2O3/c1-9-4-5(7(11)12-2)8-3-6(9)10/h5,8H,3-4H2,1-2H3/t5-/m1/s1. The lowest BCUT2D eigenvalue weighted by molar-refractivity contribution is -0.146. The molecule has 5 nitrogen and oxygen atoms in total. The number of rotatable bonds is 1. The van der Waals surface area contributed by atoms with Crippen molar-refractivity contribution in [2.75, 3.05) is 27.2 Å². The van der Waals surface area contributed by atoms with E-state index in [2.05, 4.69) is 10.1 Å². The van der Waals surface area contributed by atoms with Crippen molar-refractivity contribution in [2.45, 2.75) is 6.04 Å². The van der Waals surface area contributed by atoms with Crippen LogP contribution in [0, 0.1) is 0 Å². The predicted octanol–water partition coefficient (Wildman–Crippen LogP) is -1.41. The first kappa shape index (κ1) is 8.99. The molecule has 5 heteroatoms. The molecule has 0 aromatic carbocycles. The smallest absolute Gasteiger partial charge is 0.324 e. The number of nitrogens with one attached hydrogen (secondary N) is 1. The van der Waals surface area contributed by atoms with Gasteiger partial charge in [-0.15, -0.1) is 0 Å². The maximum absolute atomic E-state index is 11.0. The Morgan fingerprint density at radius 1 is 1.75 bits per heavy atom. The van der Waals surface area contributed by atoms with Gasteiger partial charge >= 0.3 is 5.97 Å². The van der Waals surface area contributed by atoms with Gasteiger partial charge in [0.05, 0.1) is 13.7 Å². The molecule has 0 aromatic rings. The second-order valence-corrected chi connectivity index (χ2v) is 2.73. The van der Waals surface area contributed by atoms with Crippen LogP contribution in [0.1, 0.15) is 0 Å². The van der Waals surface area contributed by atoms with Gasteiger partial charge in [0.1, 0.15) is 6.04 Å². The van der Waals surface area contributed by atoms with Crippen molar-refractivity contribution < 1.29 is 14.3 Å². The quantitative estimate of drug-likeness (QED) is 0.494. The summed E-state index contributed by atoms with van der Waals surface area (Å²) in [4.78, 5) is 23.5. The third kappa shape index (κ3) is 1.73. The summed E-state index contributed by atoms with van der Waals surface area (Å²) >= 11 is 0. The lowest BCUT2D eigenvalue weighted by atomic mass is 10.2. The number of carbonyl (C=O) groups excluding carboxylic acids is 2. The number of ether oxygens (including phenoxy) is 1. The van der Waals surface area contributed by atoms with Crippen molar-refractivity contribution in [1.82, 2.24) is 10.2 Å². The zero-order chi connectivity index (χ0) is 9.14. The molecule has 0 bridgehead atoms. The minimum absolute atomic E-state index is 0.00449. The molecule has 1 saturated heterocycles. The highest BCUT2D eigenvalue weighted by Gasteiger charge is 2.27. The Morgan fingerprint density at radius 3 is 2.92 bits per heavy atom. The fourth-order valence-electron chi connectivity index (χ4n) is 1.09. The highest BCUT2D eigenvalue weighted by Crippen LogP contribution is 1.98. The first-order valence-electron chi connectivity index (χ1n) is 3.70. The van der Waals surface area contributed by atoms with Crippen LogP contribution >= 0.6 is 0 Å². The Hall–Kier alpha value is -1.10. The van der Waals surface area contributed by atoms with E-state index in [1.165, 1.54) is 12.0 Å². The number of piperazine rings is 1. The van der Waals surface area contributed by atoms with Gasteiger partial charge in [0, 0.05) is 13.6 Å². The Balaban J connectivity index is 2.50. The van der Waals surface area contributed by atoms with Crippen molar-refractivity contribution in [3.63, 3.8) is 0 Å². The summed E-state index contributed by atoms with van der Waals surface area (Å²) in [5.41, 5.74) is 0. The number of nitrogens with zero attached hydrogens (tertiary/aromatic N) is 1. The molecule has 1 N–H and O–H groups in total. The molecule has 1 atom stereocenters. The molecule has 1 heterocycles. The zero-order valence-corrected chi connectivity index (χ0v) is 7.16. The van der Waals surface area contributed by atoms with Gasteiger partial charge in [0.25, 0.3) is 0 Å². The first-order valence-corrected chi connectivity index (χ1v) is 3.70. The molecule has 1 rings (SSSR count). The molecule has 0 radical (unpaired) electrons. The van der Waals surface area contributed by atoms with E-state index in [9.17, 15) is 9.59 Å². The van der Waals surface area contributed by atoms with E-state index in [0.717, 1.165) is 0 Å². The van der Waals surface area contributed by atoms with Crippen LogP contribution in [0.4, 0.5) is 0 Å². The van der Waals surface area contributed by atoms with Gasteiger partial charge in [-0.25, -0.2) is 0 Å². The minimum atomic E-state index is -0.377. The molecule has 0 unspecified atom stereocenters. The van der Waals surface area contributed by atoms with Gasteiger partial charge in [-0.1, -0.05) is 0 Å². The van der Waals surface area contributed by atoms with Crippen molar-refractivity contribution in [1.29, 1.82) is 0 Å². The van der Waals surface area contributed by atoms with Crippen LogP contribution in [-0.2, 0) is 14.3 Å². The third-order valence-corrected chi connectivity index (χ3v) is 1.87. The van der Waals surface area contributed by atoms with Gasteiger partial charge in [-0.2, -0.15) is 0 Å². The summed E-state index contributed by atoms with van der Waals surface area (Å²) in [6.07, 6.45) is 0. The second-order valence-electron chi connectivity index (χ2n) is 2.73. The molecule has 1 amide bonds. The number of hydrogen-bond donors (Lipinski definition) is 1. The lowest BCUT2D eigenvalue weighted by Gasteiger charge is -2.28. The van der Waals surface area contributed by atoms with Crippen LogP contribution in [0.5, 0.6) is 0 Å². The Bertz CT molecular complexity index is 205. The zero-order valence-electron chi connectivity index (χ0n) is 7.16. The third-order valence-electron chi connectivity index (χ3n) is 1.87. The van der Waals surface area contributed by atoms with Crippen molar-refractivity contribution in [3.05, 3.63) is 0 Å². The fourth-order valence-corrected chi connectivity index (χ4v) is 1.09. The number of methoxy groups -OCH3 is 1. The monoisotopic (exact) mass is 172 g/mol. The minimum Gasteiger partial charge on any atom is -0.468 e. The van der Waals surface area contributed by atoms with E-state index in [1.54, 1.807) is 7.05 Å². The SMILES string of the molecule is COC(=O)[C@H]1CN(C)C(=O)CN1. The molecule has 0 aliphatic carbocycles. The van der Waals surface area contributed by atoms with Gasteiger partial charge in [0.2, 0.25) is 5.91 Å². The van der Waals surface area contributed by atoms with E-state index in [1.807, 2.05) is 0 Å². The number of esters is 1. The van der Waals surface area contributed by atoms with Crippen LogP contribution in [0.2, 0.25) is 0 Å². The normalized spacial score (nSPS) is 24.0. The topological polar surface area (TPSA) is 58.6 Å². The summed E-state index contributed by atoms with van der Waals surface area (Å²) in [7, 11) is 3.00. The fraction of sp³-hybridized carbons (Fsp3) is 0.714.